The van der Waals surface area contributed by atoms with Gasteiger partial charge >= 0.3 is 0 Å². The van der Waals surface area contributed by atoms with Crippen LogP contribution in [0.2, 0.25) is 0 Å². The zero-order chi connectivity index (χ0) is 29.2. The summed E-state index contributed by atoms with van der Waals surface area (Å²) in [5.74, 6) is -3.90. The van der Waals surface area contributed by atoms with Gasteiger partial charge in [0, 0.05) is 38.1 Å². The van der Waals surface area contributed by atoms with Crippen molar-refractivity contribution in [2.24, 2.45) is 11.8 Å². The van der Waals surface area contributed by atoms with E-state index in [4.69, 9.17) is 0 Å². The lowest BCUT2D eigenvalue weighted by molar-refractivity contribution is -0.120. The van der Waals surface area contributed by atoms with Crippen LogP contribution >= 0.6 is 0 Å². The van der Waals surface area contributed by atoms with Gasteiger partial charge in [-0.1, -0.05) is 0 Å². The Labute approximate surface area is 232 Å². The number of amides is 2. The summed E-state index contributed by atoms with van der Waals surface area (Å²) in [7, 11) is 1.53. The first kappa shape index (κ1) is 26.7. The van der Waals surface area contributed by atoms with Crippen molar-refractivity contribution in [3.63, 3.8) is 0 Å². The van der Waals surface area contributed by atoms with Crippen LogP contribution in [-0.4, -0.2) is 91.1 Å². The van der Waals surface area contributed by atoms with E-state index in [1.165, 1.54) is 42.0 Å². The summed E-state index contributed by atoms with van der Waals surface area (Å²) < 4.78 is 28.4. The number of alkyl halides is 2. The van der Waals surface area contributed by atoms with Crippen molar-refractivity contribution < 1.29 is 28.3 Å². The molecule has 2 unspecified atom stereocenters. The number of rotatable bonds is 7. The number of aromatic nitrogens is 5. The van der Waals surface area contributed by atoms with Crippen LogP contribution in [0.4, 0.5) is 26.2 Å². The zero-order valence-corrected chi connectivity index (χ0v) is 22.4. The highest BCUT2D eigenvalue weighted by Gasteiger charge is 2.71. The molecule has 0 aromatic carbocycles. The molecule has 2 amide bonds. The zero-order valence-electron chi connectivity index (χ0n) is 22.4. The smallest absolute Gasteiger partial charge is 0.278 e. The number of fused-ring (bicyclic) bond motifs is 2. The topological polar surface area (TPSA) is 150 Å². The van der Waals surface area contributed by atoms with Crippen molar-refractivity contribution in [1.29, 1.82) is 0 Å². The number of aliphatic hydroxyl groups excluding tert-OH is 1. The number of Topliss-reactive ketones (excluding diaryl/α,β-unsaturated/α-hetero) is 1. The predicted octanol–water partition coefficient (Wildman–Crippen LogP) is 1.39. The molecule has 2 N–H and O–H groups in total. The van der Waals surface area contributed by atoms with E-state index in [0.717, 1.165) is 4.90 Å². The number of ketones is 1. The monoisotopic (exact) mass is 567 g/mol. The number of halogens is 2. The molecule has 0 radical (unpaired) electrons. The van der Waals surface area contributed by atoms with Crippen LogP contribution in [-0.2, 0) is 9.59 Å². The van der Waals surface area contributed by atoms with Gasteiger partial charge in [0.15, 0.2) is 17.3 Å². The Bertz CT molecular complexity index is 1530. The summed E-state index contributed by atoms with van der Waals surface area (Å²) in [5, 5.41) is 13.2. The van der Waals surface area contributed by atoms with E-state index < -0.39 is 42.0 Å². The molecule has 0 spiro atoms. The molecule has 6 rings (SSSR count). The quantitative estimate of drug-likeness (QED) is 0.429. The number of hydrogen-bond donors (Lipinski definition) is 2. The van der Waals surface area contributed by atoms with Gasteiger partial charge in [-0.15, -0.1) is 0 Å². The summed E-state index contributed by atoms with van der Waals surface area (Å²) in [6, 6.07) is 4.09. The molecule has 5 heterocycles. The number of piperidine rings is 1. The standard InChI is InChI=1S/C26H27F2N9O4/c1-13(38)9-36-24(40)20-22(34(3)25(36)41)31-12-37(20)14(2)23(39)33-18-6-7-29-21(32-18)15-4-5-19(30-8-15)35-10-16-17(11-35)26(16,27)28/h4-8,12,14,16-17,25,41H,9-11H2,1-3H3,(H,29,32,33,39)/t14-,16-,17?,25?/m0/s1. The number of nitrogens with zero attached hydrogens (tertiary/aromatic N) is 8. The van der Waals surface area contributed by atoms with Gasteiger partial charge in [0.2, 0.25) is 12.3 Å². The molecule has 2 fully saturated rings. The van der Waals surface area contributed by atoms with Crippen molar-refractivity contribution in [3.8, 4) is 11.4 Å². The van der Waals surface area contributed by atoms with Gasteiger partial charge in [-0.2, -0.15) is 0 Å². The largest absolute Gasteiger partial charge is 0.356 e. The maximum Gasteiger partial charge on any atom is 0.278 e. The van der Waals surface area contributed by atoms with Crippen molar-refractivity contribution in [1.82, 2.24) is 29.4 Å². The molecule has 13 nitrogen and oxygen atoms in total. The van der Waals surface area contributed by atoms with Gasteiger partial charge < -0.3 is 24.8 Å². The minimum atomic E-state index is -2.56. The minimum absolute atomic E-state index is 0.0651. The molecule has 3 aromatic rings. The first-order valence-electron chi connectivity index (χ1n) is 13.0. The Morgan fingerprint density at radius 3 is 2.56 bits per heavy atom. The van der Waals surface area contributed by atoms with Gasteiger partial charge in [-0.3, -0.25) is 19.3 Å². The molecule has 0 bridgehead atoms. The number of nitrogens with one attached hydrogen (secondary N) is 1. The summed E-state index contributed by atoms with van der Waals surface area (Å²) in [5.41, 5.74) is 0.643. The second-order valence-electron chi connectivity index (χ2n) is 10.5. The van der Waals surface area contributed by atoms with Crippen LogP contribution in [0.25, 0.3) is 11.4 Å². The highest BCUT2D eigenvalue weighted by atomic mass is 19.3. The van der Waals surface area contributed by atoms with Gasteiger partial charge in [-0.25, -0.2) is 28.7 Å². The van der Waals surface area contributed by atoms with Crippen LogP contribution in [0.1, 0.15) is 30.4 Å². The fourth-order valence-electron chi connectivity index (χ4n) is 5.39. The van der Waals surface area contributed by atoms with Gasteiger partial charge in [-0.05, 0) is 32.0 Å². The average Bonchev–Trinajstić information content (AvgIpc) is 3.38. The lowest BCUT2D eigenvalue weighted by Crippen LogP contribution is -2.55. The van der Waals surface area contributed by atoms with Crippen molar-refractivity contribution in [2.75, 3.05) is 41.8 Å². The fraction of sp³-hybridized carbons (Fsp3) is 0.423. The second kappa shape index (κ2) is 9.54. The molecule has 3 aliphatic rings. The number of carbonyl (C=O) groups excluding carboxylic acids is 3. The number of imidazole rings is 1. The Kier molecular flexibility index (Phi) is 6.21. The van der Waals surface area contributed by atoms with Gasteiger partial charge in [0.25, 0.3) is 11.8 Å². The van der Waals surface area contributed by atoms with Gasteiger partial charge in [0.1, 0.15) is 23.5 Å². The highest BCUT2D eigenvalue weighted by molar-refractivity contribution is 6.02. The van der Waals surface area contributed by atoms with Crippen molar-refractivity contribution >= 4 is 35.1 Å². The third-order valence-corrected chi connectivity index (χ3v) is 7.82. The van der Waals surface area contributed by atoms with Crippen LogP contribution in [0.15, 0.2) is 36.9 Å². The minimum Gasteiger partial charge on any atom is -0.356 e. The van der Waals surface area contributed by atoms with Crippen LogP contribution in [0.5, 0.6) is 0 Å². The maximum absolute atomic E-state index is 13.5. The predicted molar refractivity (Wildman–Crippen MR) is 141 cm³/mol. The third kappa shape index (κ3) is 4.45. The van der Waals surface area contributed by atoms with Crippen LogP contribution in [0, 0.1) is 11.8 Å². The Balaban J connectivity index is 1.16. The molecule has 4 atom stereocenters. The molecule has 15 heteroatoms. The molecule has 1 saturated heterocycles. The van der Waals surface area contributed by atoms with E-state index in [1.807, 2.05) is 4.90 Å². The SMILES string of the molecule is CC(=O)CN1C(=O)c2c(ncn2[C@@H](C)C(=O)Nc2ccnc(-c3ccc(N4CC5[C@H](C4)C5(F)F)nc3)n2)N(C)C1O. The average molecular weight is 568 g/mol. The van der Waals surface area contributed by atoms with E-state index in [2.05, 4.69) is 25.3 Å². The number of pyridine rings is 1. The maximum atomic E-state index is 13.5. The molecular formula is C26H27F2N9O4. The van der Waals surface area contributed by atoms with Crippen LogP contribution < -0.4 is 15.1 Å². The number of hydrogen-bond acceptors (Lipinski definition) is 10. The Hall–Kier alpha value is -4.53. The van der Waals surface area contributed by atoms with Crippen molar-refractivity contribution in [2.45, 2.75) is 32.2 Å². The molecule has 2 aliphatic heterocycles. The lowest BCUT2D eigenvalue weighted by atomic mass is 10.2. The number of anilines is 3. The van der Waals surface area contributed by atoms with E-state index in [-0.39, 0.29) is 42.7 Å². The summed E-state index contributed by atoms with van der Waals surface area (Å²) in [4.78, 5) is 59.5. The lowest BCUT2D eigenvalue weighted by Gasteiger charge is -2.38. The number of carbonyl (C=O) groups is 3. The first-order valence-corrected chi connectivity index (χ1v) is 13.0. The third-order valence-electron chi connectivity index (χ3n) is 7.82. The molecule has 1 saturated carbocycles. The Morgan fingerprint density at radius 1 is 1.17 bits per heavy atom. The highest BCUT2D eigenvalue weighted by Crippen LogP contribution is 2.59. The fourth-order valence-corrected chi connectivity index (χ4v) is 5.39. The molecule has 41 heavy (non-hydrogen) atoms. The number of aliphatic hydroxyl groups is 1. The second-order valence-corrected chi connectivity index (χ2v) is 10.5. The van der Waals surface area contributed by atoms with E-state index in [0.29, 0.717) is 17.2 Å². The van der Waals surface area contributed by atoms with E-state index in [1.54, 1.807) is 25.3 Å². The molecular weight excluding hydrogens is 540 g/mol. The van der Waals surface area contributed by atoms with E-state index >= 15 is 0 Å². The molecule has 3 aromatic heterocycles. The molecule has 214 valence electrons. The van der Waals surface area contributed by atoms with Gasteiger partial charge in [0.05, 0.1) is 24.7 Å². The Morgan fingerprint density at radius 2 is 1.90 bits per heavy atom. The summed E-state index contributed by atoms with van der Waals surface area (Å²) >= 11 is 0. The summed E-state index contributed by atoms with van der Waals surface area (Å²) in [6.07, 6.45) is 2.99. The first-order chi connectivity index (χ1) is 19.5. The van der Waals surface area contributed by atoms with Crippen LogP contribution in [0.3, 0.4) is 0 Å². The normalized spacial score (nSPS) is 23.2. The van der Waals surface area contributed by atoms with E-state index in [9.17, 15) is 28.3 Å². The summed E-state index contributed by atoms with van der Waals surface area (Å²) in [6.45, 7) is 3.13. The van der Waals surface area contributed by atoms with Crippen molar-refractivity contribution in [3.05, 3.63) is 42.6 Å². The molecule has 1 aliphatic carbocycles.